The summed E-state index contributed by atoms with van der Waals surface area (Å²) < 4.78 is 17.6. The summed E-state index contributed by atoms with van der Waals surface area (Å²) in [5, 5.41) is 0. The molecule has 0 aliphatic carbocycles. The minimum absolute atomic E-state index is 0.191. The maximum Gasteiger partial charge on any atom is 0.417 e. The monoisotopic (exact) mass is 535 g/mol. The van der Waals surface area contributed by atoms with Gasteiger partial charge in [-0.3, -0.25) is 4.79 Å². The number of imide groups is 1. The van der Waals surface area contributed by atoms with Crippen LogP contribution >= 0.6 is 0 Å². The number of nitrogens with zero attached hydrogens (tertiary/aromatic N) is 1. The van der Waals surface area contributed by atoms with Gasteiger partial charge in [0.2, 0.25) is 0 Å². The van der Waals surface area contributed by atoms with E-state index in [-0.39, 0.29) is 37.4 Å². The van der Waals surface area contributed by atoms with Crippen molar-refractivity contribution in [2.24, 2.45) is 0 Å². The van der Waals surface area contributed by atoms with Crippen LogP contribution in [0.25, 0.3) is 0 Å². The molecule has 212 valence electrons. The summed E-state index contributed by atoms with van der Waals surface area (Å²) >= 11 is 0. The molecule has 0 aromatic heterocycles. The van der Waals surface area contributed by atoms with E-state index >= 15 is 0 Å². The van der Waals surface area contributed by atoms with E-state index in [9.17, 15) is 9.59 Å². The Hall–Kier alpha value is -2.96. The van der Waals surface area contributed by atoms with Crippen molar-refractivity contribution >= 4 is 12.0 Å². The number of carbonyl (C=O) groups is 2. The third kappa shape index (κ3) is 10.6. The Morgan fingerprint density at radius 2 is 1.56 bits per heavy atom. The van der Waals surface area contributed by atoms with Crippen LogP contribution in [0.5, 0.6) is 0 Å². The first kappa shape index (κ1) is 30.6. The van der Waals surface area contributed by atoms with Gasteiger partial charge in [0.05, 0.1) is 18.8 Å². The summed E-state index contributed by atoms with van der Waals surface area (Å²) in [4.78, 5) is 26.8. The fourth-order valence-corrected chi connectivity index (χ4v) is 4.97. The fraction of sp³-hybridized carbons (Fsp3) is 0.515. The van der Waals surface area contributed by atoms with E-state index in [1.807, 2.05) is 60.7 Å². The summed E-state index contributed by atoms with van der Waals surface area (Å²) in [5.41, 5.74) is 2.11. The summed E-state index contributed by atoms with van der Waals surface area (Å²) in [6.45, 7) is 6.63. The second-order valence-corrected chi connectivity index (χ2v) is 10.3. The van der Waals surface area contributed by atoms with Crippen LogP contribution in [0, 0.1) is 0 Å². The van der Waals surface area contributed by atoms with Crippen molar-refractivity contribution in [2.45, 2.75) is 96.0 Å². The molecule has 3 atom stereocenters. The lowest BCUT2D eigenvalue weighted by atomic mass is 10.0. The smallest absolute Gasteiger partial charge is 0.417 e. The van der Waals surface area contributed by atoms with E-state index in [1.54, 1.807) is 6.08 Å². The molecule has 3 rings (SSSR count). The van der Waals surface area contributed by atoms with Gasteiger partial charge < -0.3 is 14.2 Å². The Morgan fingerprint density at radius 3 is 2.21 bits per heavy atom. The lowest BCUT2D eigenvalue weighted by Gasteiger charge is -2.27. The summed E-state index contributed by atoms with van der Waals surface area (Å²) in [5.74, 6) is -0.384. The van der Waals surface area contributed by atoms with Crippen LogP contribution in [0.2, 0.25) is 0 Å². The van der Waals surface area contributed by atoms with Gasteiger partial charge in [-0.05, 0) is 24.0 Å². The highest BCUT2D eigenvalue weighted by molar-refractivity contribution is 5.94. The predicted octanol–water partition coefficient (Wildman–Crippen LogP) is 7.26. The van der Waals surface area contributed by atoms with Crippen LogP contribution in [0.4, 0.5) is 4.79 Å². The van der Waals surface area contributed by atoms with Gasteiger partial charge in [-0.15, -0.1) is 6.58 Å². The highest BCUT2D eigenvalue weighted by atomic mass is 16.6. The minimum Gasteiger partial charge on any atom is -0.447 e. The molecule has 1 saturated heterocycles. The summed E-state index contributed by atoms with van der Waals surface area (Å²) in [6, 6.07) is 19.4. The molecule has 1 aliphatic rings. The van der Waals surface area contributed by atoms with Gasteiger partial charge in [-0.1, -0.05) is 125 Å². The van der Waals surface area contributed by atoms with Gasteiger partial charge in [0, 0.05) is 0 Å². The van der Waals surface area contributed by atoms with E-state index in [4.69, 9.17) is 14.2 Å². The molecule has 0 radical (unpaired) electrons. The minimum atomic E-state index is -0.607. The normalized spacial score (nSPS) is 16.6. The molecule has 2 aromatic carbocycles. The van der Waals surface area contributed by atoms with Crippen LogP contribution in [0.15, 0.2) is 73.3 Å². The maximum absolute atomic E-state index is 13.2. The van der Waals surface area contributed by atoms with Crippen LogP contribution in [0.3, 0.4) is 0 Å². The molecule has 0 saturated carbocycles. The SMILES string of the molecule is C=C[C@@H](OCc1ccccc1)[C@H](CCCCCCCCCC)OCC(=O)N1C(=O)OC[C@H]1Cc1ccccc1. The van der Waals surface area contributed by atoms with Crippen LogP contribution < -0.4 is 0 Å². The van der Waals surface area contributed by atoms with E-state index < -0.39 is 6.09 Å². The van der Waals surface area contributed by atoms with Crippen molar-refractivity contribution in [1.82, 2.24) is 4.90 Å². The number of ether oxygens (including phenoxy) is 3. The van der Waals surface area contributed by atoms with Gasteiger partial charge in [0.1, 0.15) is 19.3 Å². The Balaban J connectivity index is 1.56. The molecule has 2 aromatic rings. The van der Waals surface area contributed by atoms with Crippen molar-refractivity contribution < 1.29 is 23.8 Å². The van der Waals surface area contributed by atoms with Crippen molar-refractivity contribution in [3.63, 3.8) is 0 Å². The third-order valence-corrected chi connectivity index (χ3v) is 7.19. The number of benzene rings is 2. The molecule has 0 spiro atoms. The molecule has 6 nitrogen and oxygen atoms in total. The Labute approximate surface area is 234 Å². The number of carbonyl (C=O) groups excluding carboxylic acids is 2. The molecule has 0 unspecified atom stereocenters. The lowest BCUT2D eigenvalue weighted by Crippen LogP contribution is -2.43. The molecule has 1 fully saturated rings. The van der Waals surface area contributed by atoms with Crippen molar-refractivity contribution in [3.05, 3.63) is 84.4 Å². The third-order valence-electron chi connectivity index (χ3n) is 7.19. The molecular formula is C33H45NO5. The average Bonchev–Trinajstić information content (AvgIpc) is 3.33. The highest BCUT2D eigenvalue weighted by Crippen LogP contribution is 2.21. The highest BCUT2D eigenvalue weighted by Gasteiger charge is 2.38. The molecular weight excluding hydrogens is 490 g/mol. The summed E-state index contributed by atoms with van der Waals surface area (Å²) in [6.07, 6.45) is 11.4. The first-order valence-corrected chi connectivity index (χ1v) is 14.5. The van der Waals surface area contributed by atoms with Crippen molar-refractivity contribution in [3.8, 4) is 0 Å². The van der Waals surface area contributed by atoms with E-state index in [0.29, 0.717) is 13.0 Å². The first-order chi connectivity index (χ1) is 19.1. The topological polar surface area (TPSA) is 65.1 Å². The van der Waals surface area contributed by atoms with Gasteiger partial charge >= 0.3 is 6.09 Å². The standard InChI is InChI=1S/C33H45NO5/c1-3-5-6-7-8-9-10-17-22-31(30(4-2)37-24-28-20-15-12-16-21-28)38-26-32(35)34-29(25-39-33(34)36)23-27-18-13-11-14-19-27/h4,11-16,18-21,29-31H,2-3,5-10,17,22-26H2,1H3/t29-,30-,31+/m1/s1. The Kier molecular flexibility index (Phi) is 13.8. The van der Waals surface area contributed by atoms with Gasteiger partial charge in [0.15, 0.2) is 0 Å². The largest absolute Gasteiger partial charge is 0.447 e. The summed E-state index contributed by atoms with van der Waals surface area (Å²) in [7, 11) is 0. The van der Waals surface area contributed by atoms with Gasteiger partial charge in [0.25, 0.3) is 5.91 Å². The number of cyclic esters (lactones) is 1. The zero-order valence-corrected chi connectivity index (χ0v) is 23.5. The quantitative estimate of drug-likeness (QED) is 0.140. The van der Waals surface area contributed by atoms with E-state index in [2.05, 4.69) is 13.5 Å². The number of amides is 2. The van der Waals surface area contributed by atoms with Crippen LogP contribution in [-0.2, 0) is 32.0 Å². The number of hydrogen-bond donors (Lipinski definition) is 0. The first-order valence-electron chi connectivity index (χ1n) is 14.5. The molecule has 39 heavy (non-hydrogen) atoms. The number of rotatable bonds is 19. The van der Waals surface area contributed by atoms with Crippen LogP contribution in [-0.4, -0.2) is 48.4 Å². The molecule has 1 heterocycles. The van der Waals surface area contributed by atoms with Gasteiger partial charge in [-0.25, -0.2) is 9.69 Å². The van der Waals surface area contributed by atoms with E-state index in [0.717, 1.165) is 30.4 Å². The van der Waals surface area contributed by atoms with Crippen molar-refractivity contribution in [2.75, 3.05) is 13.2 Å². The second kappa shape index (κ2) is 17.6. The molecule has 2 amide bonds. The molecule has 0 bridgehead atoms. The zero-order valence-electron chi connectivity index (χ0n) is 23.5. The number of hydrogen-bond acceptors (Lipinski definition) is 5. The lowest BCUT2D eigenvalue weighted by molar-refractivity contribution is -0.140. The average molecular weight is 536 g/mol. The Bertz CT molecular complexity index is 980. The van der Waals surface area contributed by atoms with E-state index in [1.165, 1.54) is 43.4 Å². The van der Waals surface area contributed by atoms with Crippen LogP contribution in [0.1, 0.15) is 75.8 Å². The molecule has 0 N–H and O–H groups in total. The molecule has 6 heteroatoms. The maximum atomic E-state index is 13.2. The molecule has 1 aliphatic heterocycles. The zero-order chi connectivity index (χ0) is 27.7. The second-order valence-electron chi connectivity index (χ2n) is 10.3. The fourth-order valence-electron chi connectivity index (χ4n) is 4.97. The number of unbranched alkanes of at least 4 members (excludes halogenated alkanes) is 7. The van der Waals surface area contributed by atoms with Crippen molar-refractivity contribution in [1.29, 1.82) is 0 Å². The Morgan fingerprint density at radius 1 is 0.949 bits per heavy atom. The van der Waals surface area contributed by atoms with Gasteiger partial charge in [-0.2, -0.15) is 0 Å². The predicted molar refractivity (Wildman–Crippen MR) is 154 cm³/mol.